The van der Waals surface area contributed by atoms with Crippen molar-refractivity contribution < 1.29 is 0 Å². The van der Waals surface area contributed by atoms with Crippen LogP contribution in [0.15, 0.2) is 0 Å². The lowest BCUT2D eigenvalue weighted by Crippen LogP contribution is -2.53. The van der Waals surface area contributed by atoms with Crippen LogP contribution in [0.2, 0.25) is 0 Å². The van der Waals surface area contributed by atoms with Crippen LogP contribution in [0.4, 0.5) is 0 Å². The molecule has 3 unspecified atom stereocenters. The van der Waals surface area contributed by atoms with Gasteiger partial charge in [-0.25, -0.2) is 0 Å². The van der Waals surface area contributed by atoms with E-state index in [1.165, 1.54) is 38.1 Å². The van der Waals surface area contributed by atoms with Gasteiger partial charge in [-0.15, -0.1) is 0 Å². The van der Waals surface area contributed by atoms with Crippen molar-refractivity contribution in [2.45, 2.75) is 63.4 Å². The van der Waals surface area contributed by atoms with E-state index in [1.807, 2.05) is 0 Å². The second kappa shape index (κ2) is 5.74. The first-order valence-electron chi connectivity index (χ1n) is 6.83. The highest BCUT2D eigenvalue weighted by Crippen LogP contribution is 2.27. The third-order valence-electron chi connectivity index (χ3n) is 4.09. The second-order valence-corrected chi connectivity index (χ2v) is 6.78. The molecule has 0 bridgehead atoms. The van der Waals surface area contributed by atoms with Gasteiger partial charge in [0, 0.05) is 42.2 Å². The largest absolute Gasteiger partial charge is 0.312 e. The summed E-state index contributed by atoms with van der Waals surface area (Å²) in [4.78, 5) is 2.73. The number of nitrogens with zero attached hydrogens (tertiary/aromatic N) is 1. The van der Waals surface area contributed by atoms with Crippen LogP contribution in [-0.4, -0.2) is 47.1 Å². The van der Waals surface area contributed by atoms with Gasteiger partial charge in [0.15, 0.2) is 0 Å². The Morgan fingerprint density at radius 3 is 2.75 bits per heavy atom. The lowest BCUT2D eigenvalue weighted by Gasteiger charge is -2.42. The Kier molecular flexibility index (Phi) is 4.57. The molecule has 1 aliphatic carbocycles. The summed E-state index contributed by atoms with van der Waals surface area (Å²) in [5, 5.41) is 4.49. The normalized spacial score (nSPS) is 33.9. The van der Waals surface area contributed by atoms with Crippen molar-refractivity contribution in [2.75, 3.05) is 18.8 Å². The van der Waals surface area contributed by atoms with Crippen LogP contribution in [0.5, 0.6) is 0 Å². The Balaban J connectivity index is 1.84. The zero-order valence-electron chi connectivity index (χ0n) is 10.9. The topological polar surface area (TPSA) is 15.3 Å². The van der Waals surface area contributed by atoms with Crippen LogP contribution in [0.25, 0.3) is 0 Å². The average Bonchev–Trinajstić information content (AvgIpc) is 3.08. The van der Waals surface area contributed by atoms with E-state index in [4.69, 9.17) is 0 Å². The van der Waals surface area contributed by atoms with Gasteiger partial charge in [-0.3, -0.25) is 4.90 Å². The van der Waals surface area contributed by atoms with Crippen LogP contribution >= 0.6 is 11.8 Å². The van der Waals surface area contributed by atoms with Crippen LogP contribution in [0.1, 0.15) is 40.0 Å². The number of hydrogen-bond donors (Lipinski definition) is 1. The van der Waals surface area contributed by atoms with E-state index in [2.05, 4.69) is 42.7 Å². The summed E-state index contributed by atoms with van der Waals surface area (Å²) in [6.45, 7) is 9.58. The van der Waals surface area contributed by atoms with E-state index in [0.29, 0.717) is 0 Å². The summed E-state index contributed by atoms with van der Waals surface area (Å²) in [6, 6.07) is 2.34. The highest BCUT2D eigenvalue weighted by molar-refractivity contribution is 8.00. The molecule has 0 aromatic heterocycles. The molecule has 0 amide bonds. The van der Waals surface area contributed by atoms with Gasteiger partial charge in [0.25, 0.3) is 0 Å². The number of rotatable bonds is 5. The van der Waals surface area contributed by atoms with Crippen molar-refractivity contribution >= 4 is 11.8 Å². The SMILES string of the molecule is CCC(CNC1CC1)N1CCSC(C)C1C. The molecule has 2 fully saturated rings. The van der Waals surface area contributed by atoms with E-state index in [9.17, 15) is 0 Å². The summed E-state index contributed by atoms with van der Waals surface area (Å²) in [5.74, 6) is 1.31. The zero-order chi connectivity index (χ0) is 11.5. The molecule has 3 heteroatoms. The maximum atomic E-state index is 3.69. The van der Waals surface area contributed by atoms with Crippen LogP contribution in [0.3, 0.4) is 0 Å². The summed E-state index contributed by atoms with van der Waals surface area (Å²) in [6.07, 6.45) is 4.08. The first-order chi connectivity index (χ1) is 7.72. The van der Waals surface area contributed by atoms with Crippen molar-refractivity contribution in [3.63, 3.8) is 0 Å². The highest BCUT2D eigenvalue weighted by Gasteiger charge is 2.30. The molecule has 1 heterocycles. The number of nitrogens with one attached hydrogen (secondary N) is 1. The molecule has 2 nitrogen and oxygen atoms in total. The smallest absolute Gasteiger partial charge is 0.0221 e. The first kappa shape index (κ1) is 12.7. The molecule has 1 aliphatic heterocycles. The van der Waals surface area contributed by atoms with E-state index in [1.54, 1.807) is 0 Å². The molecule has 3 atom stereocenters. The Hall–Kier alpha value is 0.270. The molecule has 0 radical (unpaired) electrons. The molecule has 0 aromatic rings. The lowest BCUT2D eigenvalue weighted by molar-refractivity contribution is 0.139. The minimum atomic E-state index is 0.740. The summed E-state index contributed by atoms with van der Waals surface area (Å²) in [7, 11) is 0. The third kappa shape index (κ3) is 3.14. The van der Waals surface area contributed by atoms with E-state index < -0.39 is 0 Å². The van der Waals surface area contributed by atoms with Gasteiger partial charge in [0.1, 0.15) is 0 Å². The zero-order valence-corrected chi connectivity index (χ0v) is 11.7. The molecular formula is C13H26N2S. The van der Waals surface area contributed by atoms with E-state index in [0.717, 1.165) is 23.4 Å². The quantitative estimate of drug-likeness (QED) is 0.797. The summed E-state index contributed by atoms with van der Waals surface area (Å²) >= 11 is 2.13. The summed E-state index contributed by atoms with van der Waals surface area (Å²) < 4.78 is 0. The van der Waals surface area contributed by atoms with Crippen molar-refractivity contribution in [3.8, 4) is 0 Å². The van der Waals surface area contributed by atoms with Gasteiger partial charge in [0.2, 0.25) is 0 Å². The Bertz CT molecular complexity index is 218. The third-order valence-corrected chi connectivity index (χ3v) is 5.43. The monoisotopic (exact) mass is 242 g/mol. The van der Waals surface area contributed by atoms with Gasteiger partial charge in [-0.2, -0.15) is 11.8 Å². The Labute approximate surface area is 105 Å². The predicted octanol–water partition coefficient (Wildman–Crippen LogP) is 2.34. The molecule has 2 rings (SSSR count). The van der Waals surface area contributed by atoms with Crippen LogP contribution < -0.4 is 5.32 Å². The Morgan fingerprint density at radius 2 is 2.12 bits per heavy atom. The van der Waals surface area contributed by atoms with Gasteiger partial charge < -0.3 is 5.32 Å². The van der Waals surface area contributed by atoms with Crippen molar-refractivity contribution in [1.29, 1.82) is 0 Å². The van der Waals surface area contributed by atoms with Crippen molar-refractivity contribution in [1.82, 2.24) is 10.2 Å². The molecule has 94 valence electrons. The fourth-order valence-electron chi connectivity index (χ4n) is 2.56. The average molecular weight is 242 g/mol. The molecule has 16 heavy (non-hydrogen) atoms. The summed E-state index contributed by atoms with van der Waals surface area (Å²) in [5.41, 5.74) is 0. The minimum absolute atomic E-state index is 0.740. The van der Waals surface area contributed by atoms with Crippen molar-refractivity contribution in [2.24, 2.45) is 0 Å². The molecule has 2 aliphatic rings. The number of hydrogen-bond acceptors (Lipinski definition) is 3. The standard InChI is InChI=1S/C13H26N2S/c1-4-13(9-14-12-5-6-12)15-7-8-16-11(3)10(15)2/h10-14H,4-9H2,1-3H3. The fourth-order valence-corrected chi connectivity index (χ4v) is 3.68. The fraction of sp³-hybridized carbons (Fsp3) is 1.00. The minimum Gasteiger partial charge on any atom is -0.312 e. The highest BCUT2D eigenvalue weighted by atomic mass is 32.2. The maximum absolute atomic E-state index is 3.69. The van der Waals surface area contributed by atoms with E-state index in [-0.39, 0.29) is 0 Å². The molecule has 1 saturated heterocycles. The molecule has 0 spiro atoms. The van der Waals surface area contributed by atoms with E-state index >= 15 is 0 Å². The lowest BCUT2D eigenvalue weighted by atomic mass is 10.1. The Morgan fingerprint density at radius 1 is 1.38 bits per heavy atom. The maximum Gasteiger partial charge on any atom is 0.0221 e. The van der Waals surface area contributed by atoms with Crippen LogP contribution in [-0.2, 0) is 0 Å². The molecule has 1 saturated carbocycles. The molecule has 1 N–H and O–H groups in total. The first-order valence-corrected chi connectivity index (χ1v) is 7.88. The van der Waals surface area contributed by atoms with Gasteiger partial charge >= 0.3 is 0 Å². The van der Waals surface area contributed by atoms with Crippen LogP contribution in [0, 0.1) is 0 Å². The molecular weight excluding hydrogens is 216 g/mol. The number of thioether (sulfide) groups is 1. The van der Waals surface area contributed by atoms with Gasteiger partial charge in [-0.1, -0.05) is 13.8 Å². The predicted molar refractivity (Wildman–Crippen MR) is 73.2 cm³/mol. The van der Waals surface area contributed by atoms with Gasteiger partial charge in [0.05, 0.1) is 0 Å². The van der Waals surface area contributed by atoms with Crippen molar-refractivity contribution in [3.05, 3.63) is 0 Å². The molecule has 0 aromatic carbocycles. The van der Waals surface area contributed by atoms with Gasteiger partial charge in [-0.05, 0) is 26.2 Å². The second-order valence-electron chi connectivity index (χ2n) is 5.30.